The summed E-state index contributed by atoms with van der Waals surface area (Å²) in [6.07, 6.45) is 1.35. The van der Waals surface area contributed by atoms with Crippen LogP contribution in [0, 0.1) is 5.82 Å². The number of rotatable bonds is 10. The Balaban J connectivity index is 1.47. The number of aromatic nitrogens is 1. The topological polar surface area (TPSA) is 114 Å². The number of Topliss-reactive ketones (excluding diaryl/α,β-unsaturated/α-hetero) is 1. The number of ketones is 1. The third kappa shape index (κ3) is 6.56. The molecule has 2 N–H and O–H groups in total. The van der Waals surface area contributed by atoms with E-state index in [2.05, 4.69) is 15.0 Å². The minimum Gasteiger partial charge on any atom is -0.378 e. The van der Waals surface area contributed by atoms with E-state index in [1.807, 2.05) is 30.3 Å². The van der Waals surface area contributed by atoms with Crippen LogP contribution in [-0.4, -0.2) is 50.4 Å². The lowest BCUT2D eigenvalue weighted by Crippen LogP contribution is -2.48. The molecule has 1 aliphatic heterocycles. The molecule has 35 heavy (non-hydrogen) atoms. The molecule has 3 aromatic rings. The Hall–Kier alpha value is -3.47. The highest BCUT2D eigenvalue weighted by atomic mass is 32.2. The molecule has 1 fully saturated rings. The highest BCUT2D eigenvalue weighted by Crippen LogP contribution is 2.13. The van der Waals surface area contributed by atoms with Crippen LogP contribution in [0.25, 0.3) is 0 Å². The fraction of sp³-hybridized carbons (Fsp3) is 0.240. The summed E-state index contributed by atoms with van der Waals surface area (Å²) < 4.78 is 45.5. The van der Waals surface area contributed by atoms with Gasteiger partial charge >= 0.3 is 0 Å². The van der Waals surface area contributed by atoms with Crippen LogP contribution >= 0.6 is 0 Å². The highest BCUT2D eigenvalue weighted by Gasteiger charge is 2.26. The lowest BCUT2D eigenvalue weighted by atomic mass is 9.99. The van der Waals surface area contributed by atoms with E-state index in [1.54, 1.807) is 0 Å². The average Bonchev–Trinajstić information content (AvgIpc) is 2.82. The second kappa shape index (κ2) is 10.9. The number of nitrogens with one attached hydrogen (secondary N) is 2. The molecule has 0 unspecified atom stereocenters. The van der Waals surface area contributed by atoms with E-state index in [9.17, 15) is 22.4 Å². The molecule has 10 heteroatoms. The van der Waals surface area contributed by atoms with Gasteiger partial charge in [-0.15, -0.1) is 0 Å². The van der Waals surface area contributed by atoms with Gasteiger partial charge in [-0.25, -0.2) is 17.5 Å². The molecule has 0 bridgehead atoms. The van der Waals surface area contributed by atoms with Gasteiger partial charge in [0.05, 0.1) is 31.7 Å². The van der Waals surface area contributed by atoms with Crippen molar-refractivity contribution in [2.45, 2.75) is 29.8 Å². The first-order chi connectivity index (χ1) is 16.8. The molecule has 2 aromatic carbocycles. The second-order valence-electron chi connectivity index (χ2n) is 8.21. The van der Waals surface area contributed by atoms with Gasteiger partial charge in [0.25, 0.3) is 5.91 Å². The van der Waals surface area contributed by atoms with E-state index in [4.69, 9.17) is 4.74 Å². The summed E-state index contributed by atoms with van der Waals surface area (Å²) in [7, 11) is -3.73. The van der Waals surface area contributed by atoms with Crippen molar-refractivity contribution in [1.82, 2.24) is 15.0 Å². The molecule has 1 amide bonds. The molecule has 2 heterocycles. The second-order valence-corrected chi connectivity index (χ2v) is 9.92. The maximum absolute atomic E-state index is 13.2. The Bertz CT molecular complexity index is 1280. The molecule has 8 nitrogen and oxygen atoms in total. The van der Waals surface area contributed by atoms with E-state index in [0.717, 1.165) is 5.56 Å². The van der Waals surface area contributed by atoms with Gasteiger partial charge < -0.3 is 10.1 Å². The number of amides is 1. The first-order valence-corrected chi connectivity index (χ1v) is 12.5. The van der Waals surface area contributed by atoms with E-state index in [0.29, 0.717) is 18.9 Å². The molecule has 4 rings (SSSR count). The first-order valence-electron chi connectivity index (χ1n) is 11.0. The number of ether oxygens (including phenoxy) is 1. The van der Waals surface area contributed by atoms with Crippen molar-refractivity contribution in [2.75, 3.05) is 13.2 Å². The minimum absolute atomic E-state index is 0.00829. The average molecular weight is 498 g/mol. The standard InChI is InChI=1S/C25H24FN3O5S/c26-19-8-6-18(7-9-19)25(31)28-23(12-17-4-2-1-3-5-17)24(30)13-20-10-11-22(14-27-20)35(32,33)29-21-15-34-16-21/h1-11,14,21,23,29H,12-13,15-16H2,(H,28,31)/t23-/m0/s1. The van der Waals surface area contributed by atoms with Crippen molar-refractivity contribution >= 4 is 21.7 Å². The van der Waals surface area contributed by atoms with E-state index in [1.165, 1.54) is 42.6 Å². The maximum Gasteiger partial charge on any atom is 0.251 e. The van der Waals surface area contributed by atoms with Gasteiger partial charge in [-0.2, -0.15) is 0 Å². The van der Waals surface area contributed by atoms with Crippen LogP contribution in [0.2, 0.25) is 0 Å². The van der Waals surface area contributed by atoms with Crippen molar-refractivity contribution in [1.29, 1.82) is 0 Å². The monoisotopic (exact) mass is 497 g/mol. The number of nitrogens with zero attached hydrogens (tertiary/aromatic N) is 1. The van der Waals surface area contributed by atoms with Crippen LogP contribution < -0.4 is 10.0 Å². The van der Waals surface area contributed by atoms with Crippen LogP contribution in [0.1, 0.15) is 21.6 Å². The highest BCUT2D eigenvalue weighted by molar-refractivity contribution is 7.89. The SMILES string of the molecule is O=C(N[C@@H](Cc1ccccc1)C(=O)Cc1ccc(S(=O)(=O)NC2COC2)cn1)c1ccc(F)cc1. The van der Waals surface area contributed by atoms with Gasteiger partial charge in [-0.05, 0) is 48.4 Å². The van der Waals surface area contributed by atoms with Crippen molar-refractivity contribution in [3.05, 3.63) is 95.6 Å². The fourth-order valence-electron chi connectivity index (χ4n) is 3.51. The zero-order valence-corrected chi connectivity index (χ0v) is 19.5. The number of sulfonamides is 1. The molecule has 0 spiro atoms. The van der Waals surface area contributed by atoms with Crippen LogP contribution in [0.15, 0.2) is 77.8 Å². The first kappa shape index (κ1) is 24.6. The zero-order chi connectivity index (χ0) is 24.8. The lowest BCUT2D eigenvalue weighted by Gasteiger charge is -2.26. The molecule has 0 radical (unpaired) electrons. The molecule has 1 saturated heterocycles. The summed E-state index contributed by atoms with van der Waals surface area (Å²) in [5, 5.41) is 2.73. The van der Waals surface area contributed by atoms with Gasteiger partial charge in [-0.3, -0.25) is 14.6 Å². The zero-order valence-electron chi connectivity index (χ0n) is 18.7. The van der Waals surface area contributed by atoms with E-state index in [-0.39, 0.29) is 35.1 Å². The Morgan fingerprint density at radius 1 is 1.03 bits per heavy atom. The number of carbonyl (C=O) groups excluding carboxylic acids is 2. The Morgan fingerprint density at radius 3 is 2.34 bits per heavy atom. The summed E-state index contributed by atoms with van der Waals surface area (Å²) >= 11 is 0. The molecular weight excluding hydrogens is 473 g/mol. The predicted octanol–water partition coefficient (Wildman–Crippen LogP) is 2.05. The summed E-state index contributed by atoms with van der Waals surface area (Å²) in [5.41, 5.74) is 1.45. The van der Waals surface area contributed by atoms with Gasteiger partial charge in [0.1, 0.15) is 10.7 Å². The number of benzene rings is 2. The molecule has 0 aliphatic carbocycles. The Morgan fingerprint density at radius 2 is 1.74 bits per heavy atom. The largest absolute Gasteiger partial charge is 0.378 e. The number of halogens is 1. The Kier molecular flexibility index (Phi) is 7.64. The molecule has 1 aromatic heterocycles. The predicted molar refractivity (Wildman–Crippen MR) is 126 cm³/mol. The summed E-state index contributed by atoms with van der Waals surface area (Å²) in [6, 6.07) is 16.0. The van der Waals surface area contributed by atoms with Crippen molar-refractivity contribution in [2.24, 2.45) is 0 Å². The fourth-order valence-corrected chi connectivity index (χ4v) is 4.66. The van der Waals surface area contributed by atoms with Crippen molar-refractivity contribution < 1.29 is 27.1 Å². The minimum atomic E-state index is -3.73. The van der Waals surface area contributed by atoms with Gasteiger partial charge in [0, 0.05) is 17.5 Å². The van der Waals surface area contributed by atoms with E-state index < -0.39 is 27.8 Å². The maximum atomic E-state index is 13.2. The van der Waals surface area contributed by atoms with Crippen molar-refractivity contribution in [3.63, 3.8) is 0 Å². The number of pyridine rings is 1. The third-order valence-corrected chi connectivity index (χ3v) is 7.01. The van der Waals surface area contributed by atoms with Gasteiger partial charge in [-0.1, -0.05) is 30.3 Å². The van der Waals surface area contributed by atoms with Crippen LogP contribution in [0.4, 0.5) is 4.39 Å². The molecule has 1 aliphatic rings. The lowest BCUT2D eigenvalue weighted by molar-refractivity contribution is -0.120. The van der Waals surface area contributed by atoms with E-state index >= 15 is 0 Å². The van der Waals surface area contributed by atoms with Crippen LogP contribution in [-0.2, 0) is 32.4 Å². The summed E-state index contributed by atoms with van der Waals surface area (Å²) in [5.74, 6) is -1.26. The quantitative estimate of drug-likeness (QED) is 0.443. The smallest absolute Gasteiger partial charge is 0.251 e. The van der Waals surface area contributed by atoms with Crippen molar-refractivity contribution in [3.8, 4) is 0 Å². The van der Waals surface area contributed by atoms with Crippen LogP contribution in [0.3, 0.4) is 0 Å². The summed E-state index contributed by atoms with van der Waals surface area (Å²) in [4.78, 5) is 30.0. The molecular formula is C25H24FN3O5S. The Labute approximate surface area is 202 Å². The summed E-state index contributed by atoms with van der Waals surface area (Å²) in [6.45, 7) is 0.650. The number of carbonyl (C=O) groups is 2. The molecule has 1 atom stereocenters. The normalized spacial score (nSPS) is 14.7. The molecule has 0 saturated carbocycles. The van der Waals surface area contributed by atoms with Gasteiger partial charge in [0.15, 0.2) is 5.78 Å². The third-order valence-electron chi connectivity index (χ3n) is 5.51. The van der Waals surface area contributed by atoms with Crippen LogP contribution in [0.5, 0.6) is 0 Å². The molecule has 182 valence electrons. The number of hydrogen-bond donors (Lipinski definition) is 2. The number of hydrogen-bond acceptors (Lipinski definition) is 6. The van der Waals surface area contributed by atoms with Gasteiger partial charge in [0.2, 0.25) is 10.0 Å².